The van der Waals surface area contributed by atoms with E-state index in [4.69, 9.17) is 4.74 Å². The number of aryl methyl sites for hydroxylation is 1. The van der Waals surface area contributed by atoms with E-state index in [1.54, 1.807) is 20.2 Å². The van der Waals surface area contributed by atoms with Gasteiger partial charge in [-0.3, -0.25) is 9.98 Å². The van der Waals surface area contributed by atoms with Crippen molar-refractivity contribution in [2.75, 3.05) is 13.7 Å². The SMILES string of the molecule is CCOC(=O)c1sc(C(C)NC(=NC)NCc2cccc(-c3ccccn3)c2)nc1C. The summed E-state index contributed by atoms with van der Waals surface area (Å²) in [6.45, 7) is 6.55. The molecule has 1 unspecified atom stereocenters. The molecule has 31 heavy (non-hydrogen) atoms. The number of aromatic nitrogens is 2. The Bertz CT molecular complexity index is 1050. The number of aliphatic imine (C=N–C) groups is 1. The Kier molecular flexibility index (Phi) is 7.72. The first kappa shape index (κ1) is 22.4. The molecule has 0 bridgehead atoms. The van der Waals surface area contributed by atoms with Crippen molar-refractivity contribution in [3.05, 3.63) is 69.8 Å². The summed E-state index contributed by atoms with van der Waals surface area (Å²) in [5, 5.41) is 7.47. The van der Waals surface area contributed by atoms with Gasteiger partial charge in [-0.1, -0.05) is 24.3 Å². The van der Waals surface area contributed by atoms with E-state index in [0.29, 0.717) is 29.7 Å². The van der Waals surface area contributed by atoms with Gasteiger partial charge >= 0.3 is 5.97 Å². The Morgan fingerprint density at radius 3 is 2.81 bits per heavy atom. The molecule has 1 aromatic carbocycles. The number of carbonyl (C=O) groups excluding carboxylic acids is 1. The van der Waals surface area contributed by atoms with Crippen LogP contribution in [0.3, 0.4) is 0 Å². The van der Waals surface area contributed by atoms with Gasteiger partial charge in [0.25, 0.3) is 0 Å². The van der Waals surface area contributed by atoms with Crippen molar-refractivity contribution in [3.8, 4) is 11.3 Å². The van der Waals surface area contributed by atoms with E-state index in [-0.39, 0.29) is 12.0 Å². The first-order valence-electron chi connectivity index (χ1n) is 10.1. The summed E-state index contributed by atoms with van der Waals surface area (Å²) in [5.74, 6) is 0.326. The standard InChI is InChI=1S/C23H27N5O2S/c1-5-30-22(29)20-15(2)27-21(31-20)16(3)28-23(24-4)26-14-17-9-8-10-18(13-17)19-11-6-7-12-25-19/h6-13,16H,5,14H2,1-4H3,(H2,24,26,28). The number of thiazole rings is 1. The summed E-state index contributed by atoms with van der Waals surface area (Å²) in [6, 6.07) is 14.0. The van der Waals surface area contributed by atoms with Gasteiger partial charge in [0.1, 0.15) is 9.88 Å². The molecule has 2 heterocycles. The van der Waals surface area contributed by atoms with E-state index in [1.165, 1.54) is 11.3 Å². The van der Waals surface area contributed by atoms with Crippen molar-refractivity contribution in [2.24, 2.45) is 4.99 Å². The number of rotatable bonds is 7. The zero-order valence-electron chi connectivity index (χ0n) is 18.2. The number of ether oxygens (including phenoxy) is 1. The number of benzene rings is 1. The van der Waals surface area contributed by atoms with Crippen LogP contribution in [0.1, 0.15) is 45.8 Å². The second-order valence-electron chi connectivity index (χ2n) is 6.89. The van der Waals surface area contributed by atoms with Gasteiger partial charge in [0.2, 0.25) is 0 Å². The van der Waals surface area contributed by atoms with Crippen molar-refractivity contribution in [3.63, 3.8) is 0 Å². The number of esters is 1. The maximum atomic E-state index is 12.1. The molecule has 0 radical (unpaired) electrons. The molecule has 3 rings (SSSR count). The van der Waals surface area contributed by atoms with Gasteiger partial charge in [-0.15, -0.1) is 11.3 Å². The number of hydrogen-bond acceptors (Lipinski definition) is 6. The van der Waals surface area contributed by atoms with Gasteiger partial charge in [-0.2, -0.15) is 0 Å². The molecular formula is C23H27N5O2S. The zero-order chi connectivity index (χ0) is 22.2. The molecule has 2 N–H and O–H groups in total. The van der Waals surface area contributed by atoms with Crippen LogP contribution in [0.2, 0.25) is 0 Å². The molecule has 3 aromatic rings. The lowest BCUT2D eigenvalue weighted by molar-refractivity contribution is 0.0531. The third-order valence-corrected chi connectivity index (χ3v) is 5.89. The van der Waals surface area contributed by atoms with Crippen molar-refractivity contribution < 1.29 is 9.53 Å². The lowest BCUT2D eigenvalue weighted by atomic mass is 10.1. The third-order valence-electron chi connectivity index (χ3n) is 4.57. The van der Waals surface area contributed by atoms with Crippen molar-refractivity contribution in [1.29, 1.82) is 0 Å². The van der Waals surface area contributed by atoms with Crippen LogP contribution in [0.25, 0.3) is 11.3 Å². The average Bonchev–Trinajstić information content (AvgIpc) is 3.19. The fraction of sp³-hybridized carbons (Fsp3) is 0.304. The topological polar surface area (TPSA) is 88.5 Å². The fourth-order valence-electron chi connectivity index (χ4n) is 3.01. The summed E-state index contributed by atoms with van der Waals surface area (Å²) >= 11 is 1.34. The molecule has 0 fully saturated rings. The normalized spacial score (nSPS) is 12.3. The highest BCUT2D eigenvalue weighted by Crippen LogP contribution is 2.24. The number of guanidine groups is 1. The fourth-order valence-corrected chi connectivity index (χ4v) is 3.97. The van der Waals surface area contributed by atoms with Crippen LogP contribution >= 0.6 is 11.3 Å². The third kappa shape index (κ3) is 5.88. The Labute approximate surface area is 186 Å². The van der Waals surface area contributed by atoms with Gasteiger partial charge in [0.05, 0.1) is 24.0 Å². The van der Waals surface area contributed by atoms with E-state index in [0.717, 1.165) is 21.8 Å². The Morgan fingerprint density at radius 2 is 2.10 bits per heavy atom. The Balaban J connectivity index is 1.63. The lowest BCUT2D eigenvalue weighted by Crippen LogP contribution is -2.38. The average molecular weight is 438 g/mol. The molecule has 0 aliphatic rings. The maximum absolute atomic E-state index is 12.1. The minimum Gasteiger partial charge on any atom is -0.462 e. The highest BCUT2D eigenvalue weighted by Gasteiger charge is 2.20. The molecular weight excluding hydrogens is 410 g/mol. The van der Waals surface area contributed by atoms with E-state index in [9.17, 15) is 4.79 Å². The van der Waals surface area contributed by atoms with Crippen LogP contribution in [0.5, 0.6) is 0 Å². The quantitative estimate of drug-likeness (QED) is 0.328. The van der Waals surface area contributed by atoms with Gasteiger partial charge in [0, 0.05) is 25.4 Å². The number of carbonyl (C=O) groups is 1. The second kappa shape index (κ2) is 10.7. The Hall–Kier alpha value is -3.26. The number of hydrogen-bond donors (Lipinski definition) is 2. The summed E-state index contributed by atoms with van der Waals surface area (Å²) in [4.78, 5) is 25.9. The van der Waals surface area contributed by atoms with Crippen molar-refractivity contribution in [2.45, 2.75) is 33.4 Å². The van der Waals surface area contributed by atoms with Gasteiger partial charge in [-0.25, -0.2) is 9.78 Å². The van der Waals surface area contributed by atoms with E-state index in [1.807, 2.05) is 44.2 Å². The summed E-state index contributed by atoms with van der Waals surface area (Å²) < 4.78 is 5.10. The highest BCUT2D eigenvalue weighted by atomic mass is 32.1. The predicted molar refractivity (Wildman–Crippen MR) is 124 cm³/mol. The summed E-state index contributed by atoms with van der Waals surface area (Å²) in [7, 11) is 1.73. The monoisotopic (exact) mass is 437 g/mol. The molecule has 7 nitrogen and oxygen atoms in total. The van der Waals surface area contributed by atoms with Crippen molar-refractivity contribution in [1.82, 2.24) is 20.6 Å². The van der Waals surface area contributed by atoms with Crippen LogP contribution in [0.15, 0.2) is 53.7 Å². The molecule has 1 atom stereocenters. The first-order valence-corrected chi connectivity index (χ1v) is 11.0. The minimum absolute atomic E-state index is 0.113. The molecule has 0 spiro atoms. The lowest BCUT2D eigenvalue weighted by Gasteiger charge is -2.16. The number of nitrogens with zero attached hydrogens (tertiary/aromatic N) is 3. The van der Waals surface area contributed by atoms with Crippen LogP contribution in [0.4, 0.5) is 0 Å². The first-order chi connectivity index (χ1) is 15.0. The van der Waals surface area contributed by atoms with E-state index < -0.39 is 0 Å². The van der Waals surface area contributed by atoms with Crippen molar-refractivity contribution >= 4 is 23.3 Å². The highest BCUT2D eigenvalue weighted by molar-refractivity contribution is 7.13. The number of pyridine rings is 1. The zero-order valence-corrected chi connectivity index (χ0v) is 19.0. The molecule has 0 saturated carbocycles. The molecule has 162 valence electrons. The van der Waals surface area contributed by atoms with E-state index >= 15 is 0 Å². The van der Waals surface area contributed by atoms with Gasteiger partial charge in [-0.05, 0) is 44.5 Å². The number of nitrogens with one attached hydrogen (secondary N) is 2. The molecule has 0 amide bonds. The van der Waals surface area contributed by atoms with Gasteiger partial charge < -0.3 is 15.4 Å². The smallest absolute Gasteiger partial charge is 0.350 e. The van der Waals surface area contributed by atoms with E-state index in [2.05, 4.69) is 37.7 Å². The second-order valence-corrected chi connectivity index (χ2v) is 7.92. The maximum Gasteiger partial charge on any atom is 0.350 e. The molecule has 2 aromatic heterocycles. The molecule has 0 aliphatic heterocycles. The molecule has 8 heteroatoms. The Morgan fingerprint density at radius 1 is 1.26 bits per heavy atom. The minimum atomic E-state index is -0.328. The largest absolute Gasteiger partial charge is 0.462 e. The van der Waals surface area contributed by atoms with Crippen LogP contribution in [-0.4, -0.2) is 35.6 Å². The molecule has 0 saturated heterocycles. The van der Waals surface area contributed by atoms with Crippen LogP contribution in [-0.2, 0) is 11.3 Å². The summed E-state index contributed by atoms with van der Waals surface area (Å²) in [5.41, 5.74) is 3.81. The predicted octanol–water partition coefficient (Wildman–Crippen LogP) is 4.12. The summed E-state index contributed by atoms with van der Waals surface area (Å²) in [6.07, 6.45) is 1.79. The van der Waals surface area contributed by atoms with Crippen LogP contribution < -0.4 is 10.6 Å². The van der Waals surface area contributed by atoms with Crippen LogP contribution in [0, 0.1) is 6.92 Å². The van der Waals surface area contributed by atoms with Gasteiger partial charge in [0.15, 0.2) is 5.96 Å². The molecule has 0 aliphatic carbocycles.